The molecule has 0 radical (unpaired) electrons. The summed E-state index contributed by atoms with van der Waals surface area (Å²) in [6.45, 7) is 16.8. The van der Waals surface area contributed by atoms with Gasteiger partial charge in [0.15, 0.2) is 18.7 Å². The third kappa shape index (κ3) is 13.1. The lowest BCUT2D eigenvalue weighted by molar-refractivity contribution is -0.333. The van der Waals surface area contributed by atoms with Gasteiger partial charge in [-0.25, -0.2) is 4.79 Å². The Kier molecular flexibility index (Phi) is 18.9. The van der Waals surface area contributed by atoms with Crippen LogP contribution in [-0.4, -0.2) is 142 Å². The Hall–Kier alpha value is -2.80. The van der Waals surface area contributed by atoms with Crippen molar-refractivity contribution in [1.29, 1.82) is 0 Å². The molecular formula is C43H68O15. The van der Waals surface area contributed by atoms with Crippen LogP contribution >= 0.6 is 0 Å². The molecule has 330 valence electrons. The van der Waals surface area contributed by atoms with Crippen LogP contribution in [0.5, 0.6) is 0 Å². The normalized spacial score (nSPS) is 40.5. The monoisotopic (exact) mass is 824 g/mol. The van der Waals surface area contributed by atoms with E-state index in [2.05, 4.69) is 0 Å². The quantitative estimate of drug-likeness (QED) is 0.138. The summed E-state index contributed by atoms with van der Waals surface area (Å²) < 4.78 is 41.1. The second kappa shape index (κ2) is 22.2. The van der Waals surface area contributed by atoms with E-state index in [0.717, 1.165) is 11.1 Å². The zero-order valence-corrected chi connectivity index (χ0v) is 35.8. The number of allylic oxidation sites excluding steroid dienone is 4. The van der Waals surface area contributed by atoms with Crippen molar-refractivity contribution in [3.8, 4) is 0 Å². The van der Waals surface area contributed by atoms with Crippen LogP contribution in [0.25, 0.3) is 0 Å². The first-order valence-electron chi connectivity index (χ1n) is 20.1. The average molecular weight is 825 g/mol. The average Bonchev–Trinajstić information content (AvgIpc) is 3.15. The summed E-state index contributed by atoms with van der Waals surface area (Å²) in [5.74, 6) is -2.12. The molecule has 14 atom stereocenters. The molecule has 0 bridgehead atoms. The third-order valence-electron chi connectivity index (χ3n) is 10.8. The Labute approximate surface area is 342 Å². The summed E-state index contributed by atoms with van der Waals surface area (Å²) in [5.41, 5.74) is 0.924. The van der Waals surface area contributed by atoms with Crippen molar-refractivity contribution in [2.45, 2.75) is 174 Å². The predicted molar refractivity (Wildman–Crippen MR) is 213 cm³/mol. The number of hydrogen-bond acceptors (Lipinski definition) is 15. The first-order valence-corrected chi connectivity index (χ1v) is 20.1. The number of aliphatic hydroxyl groups is 6. The molecule has 6 N–H and O–H groups in total. The van der Waals surface area contributed by atoms with E-state index in [1.807, 2.05) is 32.9 Å². The number of cyclic esters (lactones) is 1. The maximum absolute atomic E-state index is 13.6. The zero-order valence-electron chi connectivity index (χ0n) is 35.8. The number of carbonyl (C=O) groups is 2. The van der Waals surface area contributed by atoms with Gasteiger partial charge in [0.1, 0.15) is 42.2 Å². The molecule has 0 spiro atoms. The van der Waals surface area contributed by atoms with Crippen molar-refractivity contribution in [2.24, 2.45) is 11.8 Å². The van der Waals surface area contributed by atoms with Crippen molar-refractivity contribution in [2.75, 3.05) is 13.7 Å². The molecule has 0 amide bonds. The first-order chi connectivity index (χ1) is 27.1. The maximum Gasteiger partial charge on any atom is 0.336 e. The highest BCUT2D eigenvalue weighted by Gasteiger charge is 2.53. The molecule has 3 heterocycles. The van der Waals surface area contributed by atoms with Gasteiger partial charge in [-0.2, -0.15) is 0 Å². The van der Waals surface area contributed by atoms with Crippen LogP contribution in [0.3, 0.4) is 0 Å². The van der Waals surface area contributed by atoms with Gasteiger partial charge >= 0.3 is 11.9 Å². The van der Waals surface area contributed by atoms with Crippen LogP contribution in [-0.2, 0) is 42.7 Å². The Morgan fingerprint density at radius 2 is 1.64 bits per heavy atom. The minimum atomic E-state index is -1.57. The highest BCUT2D eigenvalue weighted by molar-refractivity contribution is 5.89. The van der Waals surface area contributed by atoms with Crippen molar-refractivity contribution >= 4 is 11.9 Å². The Balaban J connectivity index is 1.98. The van der Waals surface area contributed by atoms with E-state index in [4.69, 9.17) is 33.2 Å². The van der Waals surface area contributed by atoms with Gasteiger partial charge < -0.3 is 63.8 Å². The minimum Gasteiger partial charge on any atom is -0.456 e. The standard InChI is InChI=1S/C43H68O15/c1-12-28-20-24(5)30(45)16-14-13-15-29(21-53-42-37(52-11)33(47)32(46)27(8)54-42)40(51)55-31(26(7)44)18-17-23(4)19-25(6)36(28)56-41-35(49)34(48)38(43(9,10)58-41)57-39(50)22(2)3/h13-15,17,19-20,22,26-28,30-38,41-42,44-49H,12,16,18,21H2,1-11H3/b14-13+,23-17+,24-20+,25-19+,29-15+. The van der Waals surface area contributed by atoms with Crippen molar-refractivity contribution in [1.82, 2.24) is 0 Å². The molecule has 2 saturated heterocycles. The molecule has 3 rings (SSSR count). The molecule has 15 heteroatoms. The third-order valence-corrected chi connectivity index (χ3v) is 10.8. The highest BCUT2D eigenvalue weighted by Crippen LogP contribution is 2.36. The van der Waals surface area contributed by atoms with Gasteiger partial charge in [0.2, 0.25) is 0 Å². The van der Waals surface area contributed by atoms with E-state index >= 15 is 0 Å². The van der Waals surface area contributed by atoms with Gasteiger partial charge in [-0.3, -0.25) is 4.79 Å². The summed E-state index contributed by atoms with van der Waals surface area (Å²) in [7, 11) is 1.34. The van der Waals surface area contributed by atoms with E-state index in [1.165, 1.54) is 20.1 Å². The first kappa shape index (κ1) is 49.6. The summed E-state index contributed by atoms with van der Waals surface area (Å²) in [6, 6.07) is 0. The molecule has 15 nitrogen and oxygen atoms in total. The van der Waals surface area contributed by atoms with Gasteiger partial charge in [0.25, 0.3) is 0 Å². The van der Waals surface area contributed by atoms with Crippen LogP contribution in [0.4, 0.5) is 0 Å². The fourth-order valence-corrected chi connectivity index (χ4v) is 7.00. The van der Waals surface area contributed by atoms with Gasteiger partial charge in [-0.05, 0) is 78.5 Å². The SMILES string of the molecule is CCC1/C=C(\C)C(O)C/C=C/C=C(\COC2OC(C)C(O)C(O)C2OC)C(=O)OC(C(C)O)C/C=C(C)/C=C(\C)C1OC1OC(C)(C)C(OC(=O)C(C)C)C(O)C1O. The Morgan fingerprint density at radius 3 is 2.24 bits per heavy atom. The molecule has 14 unspecified atom stereocenters. The van der Waals surface area contributed by atoms with Gasteiger partial charge in [0, 0.05) is 19.4 Å². The second-order valence-electron chi connectivity index (χ2n) is 16.5. The van der Waals surface area contributed by atoms with Crippen LogP contribution < -0.4 is 0 Å². The summed E-state index contributed by atoms with van der Waals surface area (Å²) in [4.78, 5) is 26.1. The number of carbonyl (C=O) groups excluding carboxylic acids is 2. The molecule has 0 saturated carbocycles. The number of aliphatic hydroxyl groups excluding tert-OH is 6. The lowest BCUT2D eigenvalue weighted by Gasteiger charge is -2.47. The molecule has 0 aliphatic carbocycles. The van der Waals surface area contributed by atoms with Crippen molar-refractivity contribution < 1.29 is 73.4 Å². The summed E-state index contributed by atoms with van der Waals surface area (Å²) in [6.07, 6.45) is -3.54. The number of ether oxygens (including phenoxy) is 7. The summed E-state index contributed by atoms with van der Waals surface area (Å²) >= 11 is 0. The van der Waals surface area contributed by atoms with Crippen LogP contribution in [0.2, 0.25) is 0 Å². The van der Waals surface area contributed by atoms with Crippen molar-refractivity contribution in [3.05, 3.63) is 58.7 Å². The van der Waals surface area contributed by atoms with Crippen LogP contribution in [0.15, 0.2) is 58.7 Å². The molecule has 3 aliphatic heterocycles. The highest BCUT2D eigenvalue weighted by atomic mass is 16.7. The lowest BCUT2D eigenvalue weighted by Crippen LogP contribution is -2.64. The predicted octanol–water partition coefficient (Wildman–Crippen LogP) is 3.09. The topological polar surface area (TPSA) is 220 Å². The smallest absolute Gasteiger partial charge is 0.336 e. The number of esters is 2. The molecule has 0 aromatic rings. The van der Waals surface area contributed by atoms with E-state index in [1.54, 1.807) is 59.8 Å². The van der Waals surface area contributed by atoms with Gasteiger partial charge in [-0.1, -0.05) is 56.7 Å². The molecule has 0 aromatic heterocycles. The molecule has 58 heavy (non-hydrogen) atoms. The maximum atomic E-state index is 13.6. The lowest BCUT2D eigenvalue weighted by atomic mass is 9.88. The fraction of sp³-hybridized carbons (Fsp3) is 0.721. The molecule has 3 aliphatic rings. The number of hydrogen-bond donors (Lipinski definition) is 6. The van der Waals surface area contributed by atoms with E-state index in [0.29, 0.717) is 12.0 Å². The molecule has 0 aromatic carbocycles. The zero-order chi connectivity index (χ0) is 43.6. The van der Waals surface area contributed by atoms with E-state index in [9.17, 15) is 40.2 Å². The van der Waals surface area contributed by atoms with Crippen LogP contribution in [0.1, 0.15) is 88.5 Å². The minimum absolute atomic E-state index is 0.0591. The number of rotatable bonds is 10. The van der Waals surface area contributed by atoms with Crippen molar-refractivity contribution in [3.63, 3.8) is 0 Å². The number of methoxy groups -OCH3 is 1. The molecule has 2 fully saturated rings. The largest absolute Gasteiger partial charge is 0.456 e. The fourth-order valence-electron chi connectivity index (χ4n) is 7.00. The Bertz CT molecular complexity index is 1510. The van der Waals surface area contributed by atoms with Crippen LogP contribution in [0, 0.1) is 11.8 Å². The van der Waals surface area contributed by atoms with Gasteiger partial charge in [0.05, 0.1) is 42.5 Å². The Morgan fingerprint density at radius 1 is 0.966 bits per heavy atom. The molecular weight excluding hydrogens is 756 g/mol. The van der Waals surface area contributed by atoms with E-state index < -0.39 is 103 Å². The van der Waals surface area contributed by atoms with E-state index in [-0.39, 0.29) is 30.9 Å². The van der Waals surface area contributed by atoms with Gasteiger partial charge in [-0.15, -0.1) is 0 Å². The summed E-state index contributed by atoms with van der Waals surface area (Å²) in [5, 5.41) is 65.2. The second-order valence-corrected chi connectivity index (χ2v) is 16.5.